The molecule has 3 atom stereocenters. The highest BCUT2D eigenvalue weighted by molar-refractivity contribution is 5.82. The Labute approximate surface area is 129 Å². The molecule has 4 nitrogen and oxygen atoms in total. The highest BCUT2D eigenvalue weighted by Crippen LogP contribution is 2.33. The molecule has 2 saturated heterocycles. The van der Waals surface area contributed by atoms with Gasteiger partial charge in [-0.25, -0.2) is 0 Å². The minimum atomic E-state index is 0.0776. The van der Waals surface area contributed by atoms with Gasteiger partial charge in [-0.2, -0.15) is 0 Å². The Morgan fingerprint density at radius 2 is 1.95 bits per heavy atom. The van der Waals surface area contributed by atoms with E-state index >= 15 is 0 Å². The normalized spacial score (nSPS) is 34.6. The highest BCUT2D eigenvalue weighted by atomic mass is 16.2. The van der Waals surface area contributed by atoms with Crippen molar-refractivity contribution in [2.45, 2.75) is 64.0 Å². The van der Waals surface area contributed by atoms with Crippen LogP contribution in [0.15, 0.2) is 0 Å². The second-order valence-electron chi connectivity index (χ2n) is 7.23. The van der Waals surface area contributed by atoms with Crippen LogP contribution in [0.5, 0.6) is 0 Å². The lowest BCUT2D eigenvalue weighted by atomic mass is 9.85. The molecule has 3 rings (SSSR count). The van der Waals surface area contributed by atoms with Crippen molar-refractivity contribution >= 4 is 5.91 Å². The largest absolute Gasteiger partial charge is 0.354 e. The topological polar surface area (TPSA) is 44.4 Å². The van der Waals surface area contributed by atoms with E-state index in [4.69, 9.17) is 0 Å². The van der Waals surface area contributed by atoms with Crippen molar-refractivity contribution < 1.29 is 4.79 Å². The summed E-state index contributed by atoms with van der Waals surface area (Å²) in [4.78, 5) is 14.9. The van der Waals surface area contributed by atoms with E-state index < -0.39 is 0 Å². The number of fused-ring (bicyclic) bond motifs is 1. The molecule has 3 fully saturated rings. The summed E-state index contributed by atoms with van der Waals surface area (Å²) >= 11 is 0. The van der Waals surface area contributed by atoms with Gasteiger partial charge in [0.15, 0.2) is 0 Å². The smallest absolute Gasteiger partial charge is 0.237 e. The summed E-state index contributed by atoms with van der Waals surface area (Å²) in [5, 5.41) is 6.79. The van der Waals surface area contributed by atoms with Crippen LogP contribution in [0, 0.1) is 11.8 Å². The van der Waals surface area contributed by atoms with Gasteiger partial charge in [-0.15, -0.1) is 0 Å². The van der Waals surface area contributed by atoms with E-state index in [0.29, 0.717) is 12.0 Å². The molecule has 1 amide bonds. The number of nitrogens with one attached hydrogen (secondary N) is 2. The molecule has 3 unspecified atom stereocenters. The number of piperidine rings is 1. The zero-order chi connectivity index (χ0) is 14.7. The van der Waals surface area contributed by atoms with Crippen LogP contribution in [0.4, 0.5) is 0 Å². The van der Waals surface area contributed by atoms with Gasteiger partial charge in [0, 0.05) is 12.6 Å². The van der Waals surface area contributed by atoms with Crippen LogP contribution < -0.4 is 10.6 Å². The number of rotatable bonds is 4. The maximum atomic E-state index is 12.4. The summed E-state index contributed by atoms with van der Waals surface area (Å²) in [6, 6.07) is 0.691. The Morgan fingerprint density at radius 1 is 1.19 bits per heavy atom. The minimum Gasteiger partial charge on any atom is -0.354 e. The lowest BCUT2D eigenvalue weighted by Gasteiger charge is -2.31. The van der Waals surface area contributed by atoms with E-state index in [1.54, 1.807) is 0 Å². The quantitative estimate of drug-likeness (QED) is 0.830. The molecule has 0 aromatic rings. The standard InChI is InChI=1S/C17H31N3O/c1-2-20-9-7-13(8-10-20)12-18-17(21)16-11-14-5-3-4-6-15(14)19-16/h13-16,19H,2-12H2,1H3,(H,18,21). The first kappa shape index (κ1) is 15.3. The SMILES string of the molecule is CCN1CCC(CNC(=O)C2CC3CCCCC3N2)CC1. The van der Waals surface area contributed by atoms with E-state index in [-0.39, 0.29) is 11.9 Å². The zero-order valence-electron chi connectivity index (χ0n) is 13.4. The third kappa shape index (κ3) is 3.78. The molecule has 0 radical (unpaired) electrons. The lowest BCUT2D eigenvalue weighted by molar-refractivity contribution is -0.123. The Kier molecular flexibility index (Phi) is 5.17. The lowest BCUT2D eigenvalue weighted by Crippen LogP contribution is -2.45. The molecule has 0 spiro atoms. The first-order valence-electron chi connectivity index (χ1n) is 9.02. The number of nitrogens with zero attached hydrogens (tertiary/aromatic N) is 1. The minimum absolute atomic E-state index is 0.0776. The van der Waals surface area contributed by atoms with E-state index in [9.17, 15) is 4.79 Å². The van der Waals surface area contributed by atoms with E-state index in [1.807, 2.05) is 0 Å². The van der Waals surface area contributed by atoms with E-state index in [1.165, 1.54) is 51.6 Å². The van der Waals surface area contributed by atoms with Crippen molar-refractivity contribution in [1.29, 1.82) is 0 Å². The summed E-state index contributed by atoms with van der Waals surface area (Å²) in [6.07, 6.45) is 8.80. The van der Waals surface area contributed by atoms with Crippen molar-refractivity contribution in [2.75, 3.05) is 26.2 Å². The maximum absolute atomic E-state index is 12.4. The van der Waals surface area contributed by atoms with Gasteiger partial charge in [-0.3, -0.25) is 4.79 Å². The predicted molar refractivity (Wildman–Crippen MR) is 85.1 cm³/mol. The summed E-state index contributed by atoms with van der Waals surface area (Å²) in [5.74, 6) is 1.69. The summed E-state index contributed by atoms with van der Waals surface area (Å²) in [6.45, 7) is 6.66. The molecule has 0 aromatic carbocycles. The molecule has 21 heavy (non-hydrogen) atoms. The summed E-state index contributed by atoms with van der Waals surface area (Å²) < 4.78 is 0. The van der Waals surface area contributed by atoms with Crippen molar-refractivity contribution in [3.05, 3.63) is 0 Å². The predicted octanol–water partition coefficient (Wildman–Crippen LogP) is 1.76. The van der Waals surface area contributed by atoms with Crippen LogP contribution in [0.1, 0.15) is 51.9 Å². The van der Waals surface area contributed by atoms with Crippen LogP contribution in [-0.4, -0.2) is 49.1 Å². The van der Waals surface area contributed by atoms with Crippen LogP contribution >= 0.6 is 0 Å². The second kappa shape index (κ2) is 7.10. The first-order valence-corrected chi connectivity index (χ1v) is 9.02. The van der Waals surface area contributed by atoms with Crippen molar-refractivity contribution in [3.63, 3.8) is 0 Å². The number of hydrogen-bond acceptors (Lipinski definition) is 3. The highest BCUT2D eigenvalue weighted by Gasteiger charge is 2.38. The van der Waals surface area contributed by atoms with Gasteiger partial charge in [-0.05, 0) is 63.6 Å². The number of carbonyl (C=O) groups excluding carboxylic acids is 1. The molecule has 0 aromatic heterocycles. The Balaban J connectivity index is 1.39. The number of hydrogen-bond donors (Lipinski definition) is 2. The number of carbonyl (C=O) groups is 1. The average Bonchev–Trinajstić information content (AvgIpc) is 2.97. The molecule has 2 N–H and O–H groups in total. The Hall–Kier alpha value is -0.610. The van der Waals surface area contributed by atoms with Crippen LogP contribution in [0.25, 0.3) is 0 Å². The molecule has 120 valence electrons. The zero-order valence-corrected chi connectivity index (χ0v) is 13.4. The molecule has 0 bridgehead atoms. The van der Waals surface area contributed by atoms with Gasteiger partial charge in [-0.1, -0.05) is 19.8 Å². The molecule has 1 aliphatic carbocycles. The molecule has 2 heterocycles. The fourth-order valence-corrected chi connectivity index (χ4v) is 4.40. The monoisotopic (exact) mass is 293 g/mol. The molecule has 3 aliphatic rings. The Morgan fingerprint density at radius 3 is 2.67 bits per heavy atom. The van der Waals surface area contributed by atoms with Gasteiger partial charge in [0.2, 0.25) is 5.91 Å². The number of likely N-dealkylation sites (tertiary alicyclic amines) is 1. The Bertz CT molecular complexity index is 338. The molecular weight excluding hydrogens is 262 g/mol. The third-order valence-corrected chi connectivity index (χ3v) is 5.90. The second-order valence-corrected chi connectivity index (χ2v) is 7.23. The molecule has 4 heteroatoms. The third-order valence-electron chi connectivity index (χ3n) is 5.90. The van der Waals surface area contributed by atoms with Gasteiger partial charge in [0.25, 0.3) is 0 Å². The van der Waals surface area contributed by atoms with Gasteiger partial charge in [0.1, 0.15) is 0 Å². The van der Waals surface area contributed by atoms with Crippen LogP contribution in [-0.2, 0) is 4.79 Å². The average molecular weight is 293 g/mol. The summed E-state index contributed by atoms with van der Waals surface area (Å²) in [7, 11) is 0. The fraction of sp³-hybridized carbons (Fsp3) is 0.941. The van der Waals surface area contributed by atoms with E-state index in [0.717, 1.165) is 25.4 Å². The molecular formula is C17H31N3O. The van der Waals surface area contributed by atoms with Gasteiger partial charge < -0.3 is 15.5 Å². The molecule has 1 saturated carbocycles. The van der Waals surface area contributed by atoms with Crippen molar-refractivity contribution in [2.24, 2.45) is 11.8 Å². The van der Waals surface area contributed by atoms with Crippen LogP contribution in [0.3, 0.4) is 0 Å². The first-order chi connectivity index (χ1) is 10.3. The van der Waals surface area contributed by atoms with Gasteiger partial charge in [0.05, 0.1) is 6.04 Å². The maximum Gasteiger partial charge on any atom is 0.237 e. The van der Waals surface area contributed by atoms with Crippen LogP contribution in [0.2, 0.25) is 0 Å². The summed E-state index contributed by atoms with van der Waals surface area (Å²) in [5.41, 5.74) is 0. The van der Waals surface area contributed by atoms with Crippen molar-refractivity contribution in [1.82, 2.24) is 15.5 Å². The molecule has 2 aliphatic heterocycles. The van der Waals surface area contributed by atoms with Crippen molar-refractivity contribution in [3.8, 4) is 0 Å². The number of amides is 1. The van der Waals surface area contributed by atoms with E-state index in [2.05, 4.69) is 22.5 Å². The van der Waals surface area contributed by atoms with Gasteiger partial charge >= 0.3 is 0 Å². The fourth-order valence-electron chi connectivity index (χ4n) is 4.40.